The average Bonchev–Trinajstić information content (AvgIpc) is 2.56. The third-order valence-corrected chi connectivity index (χ3v) is 2.12. The van der Waals surface area contributed by atoms with E-state index >= 15 is 0 Å². The lowest BCUT2D eigenvalue weighted by molar-refractivity contribution is 1.09. The number of nitrogens with one attached hydrogen (secondary N) is 1. The van der Waals surface area contributed by atoms with Gasteiger partial charge in [-0.1, -0.05) is 17.7 Å². The highest BCUT2D eigenvalue weighted by Crippen LogP contribution is 2.28. The zero-order chi connectivity index (χ0) is 9.26. The molecule has 1 aromatic carbocycles. The average molecular weight is 194 g/mol. The monoisotopic (exact) mass is 193 g/mol. The van der Waals surface area contributed by atoms with E-state index in [1.54, 1.807) is 18.5 Å². The minimum absolute atomic E-state index is 0.640. The Bertz CT molecular complexity index is 409. The van der Waals surface area contributed by atoms with Gasteiger partial charge in [0, 0.05) is 23.0 Å². The van der Waals surface area contributed by atoms with Crippen LogP contribution in [0.4, 0.5) is 5.69 Å². The van der Waals surface area contributed by atoms with Crippen LogP contribution in [0, 0.1) is 0 Å². The Morgan fingerprint density at radius 2 is 2.23 bits per heavy atom. The Labute approximate surface area is 80.5 Å². The van der Waals surface area contributed by atoms with Crippen LogP contribution in [0.5, 0.6) is 0 Å². The number of nitrogens with two attached hydrogens (primary N) is 1. The summed E-state index contributed by atoms with van der Waals surface area (Å²) in [5.74, 6) is 0. The summed E-state index contributed by atoms with van der Waals surface area (Å²) < 4.78 is 0. The number of halogens is 1. The molecule has 66 valence electrons. The molecule has 2 rings (SSSR count). The first-order chi connectivity index (χ1) is 6.27. The molecule has 0 aliphatic heterocycles. The summed E-state index contributed by atoms with van der Waals surface area (Å²) in [4.78, 5) is 0. The number of hydrogen-bond donors (Lipinski definition) is 2. The number of benzene rings is 1. The van der Waals surface area contributed by atoms with Gasteiger partial charge in [-0.25, -0.2) is 0 Å². The molecule has 0 aliphatic carbocycles. The van der Waals surface area contributed by atoms with Gasteiger partial charge >= 0.3 is 0 Å². The standard InChI is InChI=1S/C9H8ClN3/c10-9-3-7(11)1-2-8(9)6-4-12-13-5-6/h1-5H,11H2,(H,12,13). The maximum absolute atomic E-state index is 6.00. The third kappa shape index (κ3) is 1.51. The molecular formula is C9H8ClN3. The molecule has 4 heteroatoms. The highest BCUT2D eigenvalue weighted by Gasteiger charge is 2.03. The lowest BCUT2D eigenvalue weighted by Crippen LogP contribution is -1.84. The molecule has 0 bridgehead atoms. The number of nitrogen functional groups attached to an aromatic ring is 1. The topological polar surface area (TPSA) is 54.7 Å². The van der Waals surface area contributed by atoms with Gasteiger partial charge in [-0.05, 0) is 12.1 Å². The molecule has 1 heterocycles. The molecule has 0 saturated heterocycles. The summed E-state index contributed by atoms with van der Waals surface area (Å²) >= 11 is 6.00. The van der Waals surface area contributed by atoms with Crippen molar-refractivity contribution in [3.8, 4) is 11.1 Å². The third-order valence-electron chi connectivity index (χ3n) is 1.80. The first-order valence-corrected chi connectivity index (χ1v) is 4.19. The van der Waals surface area contributed by atoms with E-state index in [0.29, 0.717) is 10.7 Å². The molecule has 0 saturated carbocycles. The van der Waals surface area contributed by atoms with Crippen LogP contribution < -0.4 is 5.73 Å². The van der Waals surface area contributed by atoms with Crippen molar-refractivity contribution in [2.24, 2.45) is 0 Å². The Balaban J connectivity index is 2.53. The summed E-state index contributed by atoms with van der Waals surface area (Å²) in [5, 5.41) is 7.22. The lowest BCUT2D eigenvalue weighted by Gasteiger charge is -2.01. The minimum Gasteiger partial charge on any atom is -0.399 e. The van der Waals surface area contributed by atoms with E-state index in [-0.39, 0.29) is 0 Å². The molecule has 0 fully saturated rings. The van der Waals surface area contributed by atoms with Crippen LogP contribution in [-0.4, -0.2) is 10.2 Å². The summed E-state index contributed by atoms with van der Waals surface area (Å²) in [5.41, 5.74) is 8.13. The molecule has 0 radical (unpaired) electrons. The van der Waals surface area contributed by atoms with Gasteiger partial charge in [0.15, 0.2) is 0 Å². The van der Waals surface area contributed by atoms with Gasteiger partial charge < -0.3 is 5.73 Å². The second-order valence-electron chi connectivity index (χ2n) is 2.73. The second-order valence-corrected chi connectivity index (χ2v) is 3.13. The number of nitrogens with zero attached hydrogens (tertiary/aromatic N) is 1. The quantitative estimate of drug-likeness (QED) is 0.683. The van der Waals surface area contributed by atoms with Crippen molar-refractivity contribution in [3.05, 3.63) is 35.6 Å². The minimum atomic E-state index is 0.640. The van der Waals surface area contributed by atoms with Gasteiger partial charge in [-0.15, -0.1) is 0 Å². The van der Waals surface area contributed by atoms with Crippen molar-refractivity contribution < 1.29 is 0 Å². The Kier molecular flexibility index (Phi) is 1.94. The molecule has 0 amide bonds. The predicted octanol–water partition coefficient (Wildman–Crippen LogP) is 2.31. The fourth-order valence-corrected chi connectivity index (χ4v) is 1.46. The fraction of sp³-hybridized carbons (Fsp3) is 0. The molecule has 13 heavy (non-hydrogen) atoms. The number of anilines is 1. The first kappa shape index (κ1) is 8.13. The van der Waals surface area contributed by atoms with Crippen LogP contribution >= 0.6 is 11.6 Å². The number of aromatic amines is 1. The first-order valence-electron chi connectivity index (χ1n) is 3.81. The summed E-state index contributed by atoms with van der Waals surface area (Å²) in [6, 6.07) is 5.42. The van der Waals surface area contributed by atoms with Crippen LogP contribution in [0.25, 0.3) is 11.1 Å². The number of aromatic nitrogens is 2. The van der Waals surface area contributed by atoms with Gasteiger partial charge in [-0.2, -0.15) is 5.10 Å². The summed E-state index contributed by atoms with van der Waals surface area (Å²) in [6.07, 6.45) is 3.51. The lowest BCUT2D eigenvalue weighted by atomic mass is 10.1. The van der Waals surface area contributed by atoms with Crippen molar-refractivity contribution >= 4 is 17.3 Å². The van der Waals surface area contributed by atoms with Crippen LogP contribution in [0.2, 0.25) is 5.02 Å². The molecule has 3 N–H and O–H groups in total. The van der Waals surface area contributed by atoms with Gasteiger partial charge in [0.25, 0.3) is 0 Å². The molecule has 3 nitrogen and oxygen atoms in total. The highest BCUT2D eigenvalue weighted by molar-refractivity contribution is 6.33. The number of hydrogen-bond acceptors (Lipinski definition) is 2. The highest BCUT2D eigenvalue weighted by atomic mass is 35.5. The van der Waals surface area contributed by atoms with E-state index in [1.165, 1.54) is 0 Å². The summed E-state index contributed by atoms with van der Waals surface area (Å²) in [6.45, 7) is 0. The molecule has 0 spiro atoms. The number of H-pyrrole nitrogens is 1. The van der Waals surface area contributed by atoms with Gasteiger partial charge in [0.2, 0.25) is 0 Å². The SMILES string of the molecule is Nc1ccc(-c2cn[nH]c2)c(Cl)c1. The smallest absolute Gasteiger partial charge is 0.0566 e. The molecule has 0 atom stereocenters. The van der Waals surface area contributed by atoms with Gasteiger partial charge in [0.05, 0.1) is 11.2 Å². The Hall–Kier alpha value is -1.48. The molecule has 0 aliphatic rings. The van der Waals surface area contributed by atoms with Crippen molar-refractivity contribution in [2.45, 2.75) is 0 Å². The fourth-order valence-electron chi connectivity index (χ4n) is 1.16. The van der Waals surface area contributed by atoms with E-state index < -0.39 is 0 Å². The summed E-state index contributed by atoms with van der Waals surface area (Å²) in [7, 11) is 0. The van der Waals surface area contributed by atoms with Crippen molar-refractivity contribution in [2.75, 3.05) is 5.73 Å². The normalized spacial score (nSPS) is 10.2. The number of rotatable bonds is 1. The van der Waals surface area contributed by atoms with Gasteiger partial charge in [0.1, 0.15) is 0 Å². The Morgan fingerprint density at radius 3 is 2.85 bits per heavy atom. The zero-order valence-corrected chi connectivity index (χ0v) is 7.55. The maximum Gasteiger partial charge on any atom is 0.0566 e. The van der Waals surface area contributed by atoms with E-state index in [0.717, 1.165) is 11.1 Å². The predicted molar refractivity (Wildman–Crippen MR) is 53.4 cm³/mol. The van der Waals surface area contributed by atoms with E-state index in [1.807, 2.05) is 12.1 Å². The maximum atomic E-state index is 6.00. The van der Waals surface area contributed by atoms with Crippen LogP contribution in [0.3, 0.4) is 0 Å². The van der Waals surface area contributed by atoms with Crippen molar-refractivity contribution in [1.29, 1.82) is 0 Å². The zero-order valence-electron chi connectivity index (χ0n) is 6.79. The Morgan fingerprint density at radius 1 is 1.38 bits per heavy atom. The van der Waals surface area contributed by atoms with Crippen LogP contribution in [-0.2, 0) is 0 Å². The van der Waals surface area contributed by atoms with E-state index in [9.17, 15) is 0 Å². The van der Waals surface area contributed by atoms with Crippen molar-refractivity contribution in [3.63, 3.8) is 0 Å². The van der Waals surface area contributed by atoms with Crippen molar-refractivity contribution in [1.82, 2.24) is 10.2 Å². The second kappa shape index (κ2) is 3.11. The van der Waals surface area contributed by atoms with E-state index in [2.05, 4.69) is 10.2 Å². The van der Waals surface area contributed by atoms with Crippen LogP contribution in [0.1, 0.15) is 0 Å². The molecule has 0 unspecified atom stereocenters. The van der Waals surface area contributed by atoms with Crippen LogP contribution in [0.15, 0.2) is 30.6 Å². The van der Waals surface area contributed by atoms with Gasteiger partial charge in [-0.3, -0.25) is 5.10 Å². The van der Waals surface area contributed by atoms with E-state index in [4.69, 9.17) is 17.3 Å². The molecule has 1 aromatic heterocycles. The largest absolute Gasteiger partial charge is 0.399 e. The molecular weight excluding hydrogens is 186 g/mol. The molecule has 2 aromatic rings.